The number of cyclic esters (lactones) is 2. The number of carbonyl (C=O) groups excluding carboxylic acids is 2. The first-order valence-corrected chi connectivity index (χ1v) is 12.7. The molecule has 0 spiro atoms. The SMILES string of the molecule is CC1(C)/C(=C\C=C2C(=O)OC(C3=C=C=C=C3)(c3ccccc3)OC2=O)N(Cc2ccccc2)c2ccccc21. The van der Waals surface area contributed by atoms with Crippen molar-refractivity contribution >= 4 is 17.6 Å². The Morgan fingerprint density at radius 3 is 2.13 bits per heavy atom. The number of nitrogens with zero attached hydrogens (tertiary/aromatic N) is 1. The highest BCUT2D eigenvalue weighted by Gasteiger charge is 2.50. The molecular formula is C34H25NO4. The summed E-state index contributed by atoms with van der Waals surface area (Å²) in [6.45, 7) is 4.91. The molecule has 5 heteroatoms. The molecule has 1 fully saturated rings. The predicted octanol–water partition coefficient (Wildman–Crippen LogP) is 6.15. The van der Waals surface area contributed by atoms with Gasteiger partial charge in [-0.1, -0.05) is 98.4 Å². The number of benzene rings is 3. The monoisotopic (exact) mass is 511 g/mol. The molecule has 5 nitrogen and oxygen atoms in total. The van der Waals surface area contributed by atoms with Gasteiger partial charge in [-0.3, -0.25) is 0 Å². The van der Waals surface area contributed by atoms with Gasteiger partial charge in [-0.2, -0.15) is 0 Å². The van der Waals surface area contributed by atoms with Gasteiger partial charge in [0.1, 0.15) is 11.1 Å². The average molecular weight is 512 g/mol. The Labute approximate surface area is 227 Å². The second-order valence-corrected chi connectivity index (χ2v) is 10.1. The maximum atomic E-state index is 13.4. The van der Waals surface area contributed by atoms with Gasteiger partial charge in [0, 0.05) is 35.0 Å². The van der Waals surface area contributed by atoms with Crippen molar-refractivity contribution in [2.45, 2.75) is 31.6 Å². The lowest BCUT2D eigenvalue weighted by molar-refractivity contribution is -0.225. The summed E-state index contributed by atoms with van der Waals surface area (Å²) in [5.41, 5.74) is 13.0. The fourth-order valence-electron chi connectivity index (χ4n) is 5.32. The molecule has 0 bridgehead atoms. The van der Waals surface area contributed by atoms with Crippen LogP contribution in [0.4, 0.5) is 5.69 Å². The van der Waals surface area contributed by atoms with Crippen LogP contribution in [0.25, 0.3) is 0 Å². The minimum absolute atomic E-state index is 0.181. The maximum Gasteiger partial charge on any atom is 0.349 e. The highest BCUT2D eigenvalue weighted by molar-refractivity contribution is 6.15. The summed E-state index contributed by atoms with van der Waals surface area (Å²) < 4.78 is 11.7. The van der Waals surface area contributed by atoms with Crippen LogP contribution >= 0.6 is 0 Å². The van der Waals surface area contributed by atoms with Crippen LogP contribution < -0.4 is 4.90 Å². The van der Waals surface area contributed by atoms with Crippen LogP contribution in [0, 0.1) is 0 Å². The molecule has 3 aliphatic rings. The van der Waals surface area contributed by atoms with Gasteiger partial charge in [0.05, 0.1) is 0 Å². The molecule has 39 heavy (non-hydrogen) atoms. The van der Waals surface area contributed by atoms with E-state index in [9.17, 15) is 9.59 Å². The number of esters is 2. The molecule has 190 valence electrons. The van der Waals surface area contributed by atoms with Crippen molar-refractivity contribution in [3.8, 4) is 0 Å². The van der Waals surface area contributed by atoms with E-state index >= 15 is 0 Å². The summed E-state index contributed by atoms with van der Waals surface area (Å²) in [4.78, 5) is 29.0. The molecular weight excluding hydrogens is 486 g/mol. The van der Waals surface area contributed by atoms with Crippen molar-refractivity contribution in [2.75, 3.05) is 4.90 Å². The smallest absolute Gasteiger partial charge is 0.349 e. The number of allylic oxidation sites excluding steroid dienone is 3. The van der Waals surface area contributed by atoms with Gasteiger partial charge in [0.25, 0.3) is 0 Å². The van der Waals surface area contributed by atoms with Crippen molar-refractivity contribution in [1.82, 2.24) is 0 Å². The molecule has 0 saturated carbocycles. The number of hydrogen-bond donors (Lipinski definition) is 0. The first kappa shape index (κ1) is 24.3. The van der Waals surface area contributed by atoms with Crippen LogP contribution in [0.3, 0.4) is 0 Å². The molecule has 0 aromatic heterocycles. The number of hydrogen-bond acceptors (Lipinski definition) is 5. The second-order valence-electron chi connectivity index (χ2n) is 10.1. The molecule has 1 aliphatic carbocycles. The van der Waals surface area contributed by atoms with Crippen LogP contribution in [0.15, 0.2) is 137 Å². The quantitative estimate of drug-likeness (QED) is 0.178. The summed E-state index contributed by atoms with van der Waals surface area (Å²) >= 11 is 0. The van der Waals surface area contributed by atoms with Gasteiger partial charge >= 0.3 is 17.7 Å². The van der Waals surface area contributed by atoms with Gasteiger partial charge in [0.15, 0.2) is 0 Å². The van der Waals surface area contributed by atoms with E-state index < -0.39 is 17.7 Å². The molecule has 1 saturated heterocycles. The van der Waals surface area contributed by atoms with Gasteiger partial charge < -0.3 is 14.4 Å². The first-order chi connectivity index (χ1) is 18.9. The second kappa shape index (κ2) is 9.36. The molecule has 0 amide bonds. The molecule has 3 aromatic rings. The summed E-state index contributed by atoms with van der Waals surface area (Å²) in [5, 5.41) is 0. The molecule has 0 atom stereocenters. The maximum absolute atomic E-state index is 13.4. The Hall–Kier alpha value is -5.04. The minimum atomic E-state index is -1.75. The van der Waals surface area contributed by atoms with E-state index in [1.807, 2.05) is 42.5 Å². The van der Waals surface area contributed by atoms with E-state index in [2.05, 4.69) is 60.2 Å². The zero-order valence-corrected chi connectivity index (χ0v) is 21.6. The Bertz CT molecular complexity index is 1670. The van der Waals surface area contributed by atoms with E-state index in [4.69, 9.17) is 9.47 Å². The van der Waals surface area contributed by atoms with Crippen molar-refractivity contribution in [1.29, 1.82) is 0 Å². The average Bonchev–Trinajstić information content (AvgIpc) is 3.56. The summed E-state index contributed by atoms with van der Waals surface area (Å²) in [7, 11) is 0. The van der Waals surface area contributed by atoms with Crippen LogP contribution in [-0.2, 0) is 36.8 Å². The van der Waals surface area contributed by atoms with Crippen LogP contribution in [-0.4, -0.2) is 11.9 Å². The van der Waals surface area contributed by atoms with Crippen molar-refractivity contribution in [2.24, 2.45) is 0 Å². The lowest BCUT2D eigenvalue weighted by Crippen LogP contribution is -2.45. The van der Waals surface area contributed by atoms with Crippen molar-refractivity contribution in [3.63, 3.8) is 0 Å². The molecule has 0 N–H and O–H groups in total. The normalized spacial score (nSPS) is 21.6. The number of carbonyl (C=O) groups is 2. The van der Waals surface area contributed by atoms with Gasteiger partial charge in [-0.25, -0.2) is 9.59 Å². The number of fused-ring (bicyclic) bond motifs is 1. The van der Waals surface area contributed by atoms with Gasteiger partial charge in [-0.15, -0.1) is 0 Å². The van der Waals surface area contributed by atoms with Crippen LogP contribution in [0.5, 0.6) is 0 Å². The number of rotatable bonds is 5. The summed E-state index contributed by atoms with van der Waals surface area (Å²) in [6, 6.07) is 27.3. The van der Waals surface area contributed by atoms with Crippen LogP contribution in [0.2, 0.25) is 0 Å². The first-order valence-electron chi connectivity index (χ1n) is 12.7. The largest absolute Gasteiger partial charge is 0.409 e. The molecule has 2 heterocycles. The Morgan fingerprint density at radius 1 is 0.821 bits per heavy atom. The van der Waals surface area contributed by atoms with Gasteiger partial charge in [-0.05, 0) is 40.8 Å². The lowest BCUT2D eigenvalue weighted by Gasteiger charge is -2.36. The van der Waals surface area contributed by atoms with E-state index in [-0.39, 0.29) is 11.0 Å². The zero-order chi connectivity index (χ0) is 27.0. The van der Waals surface area contributed by atoms with E-state index in [0.29, 0.717) is 17.7 Å². The van der Waals surface area contributed by atoms with Crippen LogP contribution in [0.1, 0.15) is 30.5 Å². The van der Waals surface area contributed by atoms with E-state index in [1.165, 1.54) is 11.6 Å². The number of anilines is 1. The third-order valence-corrected chi connectivity index (χ3v) is 7.30. The predicted molar refractivity (Wildman–Crippen MR) is 147 cm³/mol. The molecule has 0 unspecified atom stereocenters. The molecule has 0 radical (unpaired) electrons. The highest BCUT2D eigenvalue weighted by atomic mass is 16.7. The standard InChI is InChI=1S/C34H25NO4/c1-33(2)28-19-11-12-20-29(28)35(23-24-13-5-3-6-14-24)30(33)22-21-27-31(36)38-34(39-32(27)37,26-17-9-10-18-26)25-15-7-4-8-16-25/h3-8,11-17,19-22H,23H2,1-2H3/b27-21?,30-22+. The fraction of sp³-hybridized carbons (Fsp3) is 0.147. The third-order valence-electron chi connectivity index (χ3n) is 7.30. The molecule has 6 rings (SSSR count). The minimum Gasteiger partial charge on any atom is -0.409 e. The topological polar surface area (TPSA) is 55.8 Å². The highest BCUT2D eigenvalue weighted by Crippen LogP contribution is 2.48. The zero-order valence-electron chi connectivity index (χ0n) is 21.6. The summed E-state index contributed by atoms with van der Waals surface area (Å²) in [5.74, 6) is -3.30. The fourth-order valence-corrected chi connectivity index (χ4v) is 5.32. The van der Waals surface area contributed by atoms with E-state index in [1.54, 1.807) is 30.3 Å². The number of para-hydroxylation sites is 1. The van der Waals surface area contributed by atoms with Crippen molar-refractivity contribution < 1.29 is 19.1 Å². The lowest BCUT2D eigenvalue weighted by atomic mass is 9.83. The Kier molecular flexibility index (Phi) is 5.84. The van der Waals surface area contributed by atoms with E-state index in [0.717, 1.165) is 16.9 Å². The van der Waals surface area contributed by atoms with Crippen molar-refractivity contribution in [3.05, 3.63) is 154 Å². The molecule has 3 aromatic carbocycles. The number of ether oxygens (including phenoxy) is 2. The Balaban J connectivity index is 1.39. The summed E-state index contributed by atoms with van der Waals surface area (Å²) in [6.07, 6.45) is 4.88. The third kappa shape index (κ3) is 4.08. The molecule has 2 aliphatic heterocycles. The van der Waals surface area contributed by atoms with Gasteiger partial charge in [0.2, 0.25) is 0 Å². The Morgan fingerprint density at radius 2 is 1.46 bits per heavy atom.